The van der Waals surface area contributed by atoms with Crippen LogP contribution in [0.25, 0.3) is 11.4 Å². The minimum Gasteiger partial charge on any atom is -0.340 e. The van der Waals surface area contributed by atoms with Gasteiger partial charge in [0.05, 0.1) is 0 Å². The summed E-state index contributed by atoms with van der Waals surface area (Å²) in [5, 5.41) is 8.23. The fraction of sp³-hybridized carbons (Fsp3) is 0.545. The number of hydrogen-bond donors (Lipinski definition) is 1. The molecule has 1 saturated heterocycles. The SMILES string of the molecule is Cc1ccc(-c2nnc(CCC(=O)N3CCN(C4CCCC4)CC3)c(=O)[nH]2)cc1. The summed E-state index contributed by atoms with van der Waals surface area (Å²) in [6.45, 7) is 5.49. The highest BCUT2D eigenvalue weighted by atomic mass is 16.2. The van der Waals surface area contributed by atoms with Gasteiger partial charge in [-0.1, -0.05) is 42.7 Å². The molecule has 0 unspecified atom stereocenters. The Labute approximate surface area is 171 Å². The van der Waals surface area contributed by atoms with E-state index in [0.29, 0.717) is 30.4 Å². The van der Waals surface area contributed by atoms with Crippen molar-refractivity contribution in [3.8, 4) is 11.4 Å². The second kappa shape index (κ2) is 8.86. The molecule has 2 heterocycles. The molecule has 1 aliphatic carbocycles. The first kappa shape index (κ1) is 19.8. The zero-order valence-electron chi connectivity index (χ0n) is 17.1. The van der Waals surface area contributed by atoms with Crippen LogP contribution in [0, 0.1) is 6.92 Å². The van der Waals surface area contributed by atoms with E-state index in [9.17, 15) is 9.59 Å². The minimum atomic E-state index is -0.269. The predicted octanol–water partition coefficient (Wildman–Crippen LogP) is 2.16. The molecule has 0 radical (unpaired) electrons. The number of aromatic amines is 1. The third-order valence-corrected chi connectivity index (χ3v) is 6.17. The molecule has 1 amide bonds. The number of aryl methyl sites for hydroxylation is 2. The Morgan fingerprint density at radius 3 is 2.41 bits per heavy atom. The van der Waals surface area contributed by atoms with Gasteiger partial charge in [-0.25, -0.2) is 0 Å². The van der Waals surface area contributed by atoms with Gasteiger partial charge in [-0.3, -0.25) is 14.5 Å². The van der Waals surface area contributed by atoms with E-state index in [-0.39, 0.29) is 11.5 Å². The molecule has 7 nitrogen and oxygen atoms in total. The van der Waals surface area contributed by atoms with Crippen LogP contribution in [-0.2, 0) is 11.2 Å². The molecule has 2 aromatic rings. The van der Waals surface area contributed by atoms with Crippen LogP contribution in [0.3, 0.4) is 0 Å². The maximum atomic E-state index is 12.6. The average molecular weight is 396 g/mol. The molecular formula is C22H29N5O2. The van der Waals surface area contributed by atoms with Crippen molar-refractivity contribution in [2.75, 3.05) is 26.2 Å². The van der Waals surface area contributed by atoms with E-state index in [1.165, 1.54) is 25.7 Å². The number of nitrogens with zero attached hydrogens (tertiary/aromatic N) is 4. The Hall–Kier alpha value is -2.54. The van der Waals surface area contributed by atoms with Crippen LogP contribution in [0.1, 0.15) is 43.4 Å². The quantitative estimate of drug-likeness (QED) is 0.839. The lowest BCUT2D eigenvalue weighted by atomic mass is 10.1. The van der Waals surface area contributed by atoms with Gasteiger partial charge in [0, 0.05) is 50.6 Å². The van der Waals surface area contributed by atoms with Crippen molar-refractivity contribution in [3.63, 3.8) is 0 Å². The van der Waals surface area contributed by atoms with Crippen LogP contribution in [0.15, 0.2) is 29.1 Å². The number of amides is 1. The van der Waals surface area contributed by atoms with Crippen LogP contribution in [0.4, 0.5) is 0 Å². The molecular weight excluding hydrogens is 366 g/mol. The number of benzene rings is 1. The maximum Gasteiger partial charge on any atom is 0.273 e. The number of carbonyl (C=O) groups excluding carboxylic acids is 1. The largest absolute Gasteiger partial charge is 0.340 e. The molecule has 154 valence electrons. The molecule has 7 heteroatoms. The molecule has 0 bridgehead atoms. The summed E-state index contributed by atoms with van der Waals surface area (Å²) in [5.74, 6) is 0.549. The highest BCUT2D eigenvalue weighted by Gasteiger charge is 2.27. The first-order chi connectivity index (χ1) is 14.1. The van der Waals surface area contributed by atoms with Gasteiger partial charge in [0.15, 0.2) is 5.82 Å². The molecule has 2 aliphatic rings. The van der Waals surface area contributed by atoms with E-state index in [0.717, 1.165) is 37.3 Å². The molecule has 1 aliphatic heterocycles. The molecule has 0 atom stereocenters. The molecule has 1 aromatic heterocycles. The van der Waals surface area contributed by atoms with Gasteiger partial charge in [0.2, 0.25) is 5.91 Å². The lowest BCUT2D eigenvalue weighted by Crippen LogP contribution is -2.51. The number of nitrogens with one attached hydrogen (secondary N) is 1. The smallest absolute Gasteiger partial charge is 0.273 e. The lowest BCUT2D eigenvalue weighted by Gasteiger charge is -2.38. The fourth-order valence-electron chi connectivity index (χ4n) is 4.35. The van der Waals surface area contributed by atoms with Crippen molar-refractivity contribution < 1.29 is 4.79 Å². The summed E-state index contributed by atoms with van der Waals surface area (Å²) < 4.78 is 0. The first-order valence-electron chi connectivity index (χ1n) is 10.6. The number of aromatic nitrogens is 3. The third kappa shape index (κ3) is 4.72. The molecule has 4 rings (SSSR count). The van der Waals surface area contributed by atoms with Crippen molar-refractivity contribution in [1.29, 1.82) is 0 Å². The standard InChI is InChI=1S/C22H29N5O2/c1-16-6-8-17(9-7-16)21-23-22(29)19(24-25-21)10-11-20(28)27-14-12-26(13-15-27)18-4-2-3-5-18/h6-9,18H,2-5,10-15H2,1H3,(H,23,25,29). The number of piperazine rings is 1. The van der Waals surface area contributed by atoms with Gasteiger partial charge in [0.25, 0.3) is 5.56 Å². The topological polar surface area (TPSA) is 82.2 Å². The van der Waals surface area contributed by atoms with Crippen LogP contribution in [-0.4, -0.2) is 63.1 Å². The van der Waals surface area contributed by atoms with E-state index in [4.69, 9.17) is 0 Å². The summed E-state index contributed by atoms with van der Waals surface area (Å²) in [6.07, 6.45) is 5.88. The van der Waals surface area contributed by atoms with Gasteiger partial charge in [-0.15, -0.1) is 10.2 Å². The molecule has 1 aromatic carbocycles. The second-order valence-corrected chi connectivity index (χ2v) is 8.17. The van der Waals surface area contributed by atoms with Crippen LogP contribution >= 0.6 is 0 Å². The zero-order chi connectivity index (χ0) is 20.2. The van der Waals surface area contributed by atoms with E-state index in [1.54, 1.807) is 0 Å². The first-order valence-corrected chi connectivity index (χ1v) is 10.6. The van der Waals surface area contributed by atoms with Crippen LogP contribution in [0.2, 0.25) is 0 Å². The van der Waals surface area contributed by atoms with E-state index in [2.05, 4.69) is 20.1 Å². The zero-order valence-corrected chi connectivity index (χ0v) is 17.1. The highest BCUT2D eigenvalue weighted by molar-refractivity contribution is 5.76. The predicted molar refractivity (Wildman–Crippen MR) is 112 cm³/mol. The molecule has 29 heavy (non-hydrogen) atoms. The summed E-state index contributed by atoms with van der Waals surface area (Å²) in [5.41, 5.74) is 2.01. The number of rotatable bonds is 5. The normalized spacial score (nSPS) is 18.3. The van der Waals surface area contributed by atoms with Gasteiger partial charge < -0.3 is 9.88 Å². The van der Waals surface area contributed by atoms with Crippen LogP contribution < -0.4 is 5.56 Å². The summed E-state index contributed by atoms with van der Waals surface area (Å²) in [7, 11) is 0. The molecule has 1 N–H and O–H groups in total. The lowest BCUT2D eigenvalue weighted by molar-refractivity contribution is -0.133. The average Bonchev–Trinajstić information content (AvgIpc) is 3.28. The van der Waals surface area contributed by atoms with Crippen molar-refractivity contribution in [2.45, 2.75) is 51.5 Å². The van der Waals surface area contributed by atoms with Crippen molar-refractivity contribution in [2.24, 2.45) is 0 Å². The number of hydrogen-bond acceptors (Lipinski definition) is 5. The summed E-state index contributed by atoms with van der Waals surface area (Å²) >= 11 is 0. The fourth-order valence-corrected chi connectivity index (χ4v) is 4.35. The van der Waals surface area contributed by atoms with Crippen molar-refractivity contribution in [1.82, 2.24) is 25.0 Å². The Bertz CT molecular complexity index is 894. The molecule has 2 fully saturated rings. The van der Waals surface area contributed by atoms with Crippen molar-refractivity contribution in [3.05, 3.63) is 45.9 Å². The van der Waals surface area contributed by atoms with E-state index in [1.807, 2.05) is 36.1 Å². The monoisotopic (exact) mass is 395 g/mol. The Morgan fingerprint density at radius 1 is 1.07 bits per heavy atom. The third-order valence-electron chi connectivity index (χ3n) is 6.17. The minimum absolute atomic E-state index is 0.0971. The van der Waals surface area contributed by atoms with Gasteiger partial charge in [-0.2, -0.15) is 0 Å². The second-order valence-electron chi connectivity index (χ2n) is 8.17. The molecule has 1 saturated carbocycles. The maximum absolute atomic E-state index is 12.6. The van der Waals surface area contributed by atoms with Gasteiger partial charge in [-0.05, 0) is 19.8 Å². The highest BCUT2D eigenvalue weighted by Crippen LogP contribution is 2.24. The summed E-state index contributed by atoms with van der Waals surface area (Å²) in [4.78, 5) is 32.2. The van der Waals surface area contributed by atoms with E-state index < -0.39 is 0 Å². The number of H-pyrrole nitrogens is 1. The Morgan fingerprint density at radius 2 is 1.76 bits per heavy atom. The van der Waals surface area contributed by atoms with Gasteiger partial charge >= 0.3 is 0 Å². The Balaban J connectivity index is 1.30. The van der Waals surface area contributed by atoms with E-state index >= 15 is 0 Å². The molecule has 0 spiro atoms. The number of carbonyl (C=O) groups is 1. The van der Waals surface area contributed by atoms with Gasteiger partial charge in [0.1, 0.15) is 5.69 Å². The van der Waals surface area contributed by atoms with Crippen molar-refractivity contribution >= 4 is 5.91 Å². The Kier molecular flexibility index (Phi) is 6.04. The summed E-state index contributed by atoms with van der Waals surface area (Å²) in [6, 6.07) is 8.46. The van der Waals surface area contributed by atoms with Crippen LogP contribution in [0.5, 0.6) is 0 Å².